The first-order valence-electron chi connectivity index (χ1n) is 7.30. The third-order valence-electron chi connectivity index (χ3n) is 4.00. The van der Waals surface area contributed by atoms with Gasteiger partial charge in [-0.2, -0.15) is 0 Å². The van der Waals surface area contributed by atoms with E-state index in [4.69, 9.17) is 11.5 Å². The topological polar surface area (TPSA) is 72.3 Å². The van der Waals surface area contributed by atoms with Crippen molar-refractivity contribution < 1.29 is 4.79 Å². The van der Waals surface area contributed by atoms with Crippen molar-refractivity contribution >= 4 is 33.2 Å². The zero-order valence-electron chi connectivity index (χ0n) is 12.2. The minimum atomic E-state index is -0.433. The van der Waals surface area contributed by atoms with Gasteiger partial charge in [0.2, 0.25) is 5.91 Å². The Morgan fingerprint density at radius 1 is 1.05 bits per heavy atom. The Bertz CT molecular complexity index is 724. The summed E-state index contributed by atoms with van der Waals surface area (Å²) in [5, 5.41) is 0. The highest BCUT2D eigenvalue weighted by atomic mass is 79.9. The fourth-order valence-electron chi connectivity index (χ4n) is 2.96. The zero-order valence-corrected chi connectivity index (χ0v) is 13.8. The molecule has 1 aliphatic heterocycles. The van der Waals surface area contributed by atoms with Crippen LogP contribution in [-0.2, 0) is 0 Å². The number of amides is 1. The Labute approximate surface area is 138 Å². The van der Waals surface area contributed by atoms with Crippen LogP contribution in [0.5, 0.6) is 0 Å². The van der Waals surface area contributed by atoms with Crippen molar-refractivity contribution in [1.29, 1.82) is 0 Å². The number of nitrogens with two attached hydrogens (primary N) is 2. The van der Waals surface area contributed by atoms with Crippen LogP contribution in [0.1, 0.15) is 23.2 Å². The lowest BCUT2D eigenvalue weighted by Crippen LogP contribution is -2.19. The molecule has 114 valence electrons. The summed E-state index contributed by atoms with van der Waals surface area (Å²) in [4.78, 5) is 14.1. The number of anilines is 2. The molecule has 0 atom stereocenters. The molecule has 1 aliphatic rings. The average Bonchev–Trinajstić information content (AvgIpc) is 3.00. The van der Waals surface area contributed by atoms with Gasteiger partial charge in [-0.05, 0) is 54.8 Å². The standard InChI is InChI=1S/C17H18BrN3O/c18-11-3-5-13(17(20)22)14(9-11)15-10-12(19)4-6-16(15)21-7-1-2-8-21/h3-6,9-10H,1-2,7-8,19H2,(H2,20,22). The van der Waals surface area contributed by atoms with Crippen molar-refractivity contribution in [1.82, 2.24) is 0 Å². The molecule has 1 fully saturated rings. The van der Waals surface area contributed by atoms with E-state index in [1.165, 1.54) is 12.8 Å². The highest BCUT2D eigenvalue weighted by Gasteiger charge is 2.20. The van der Waals surface area contributed by atoms with Gasteiger partial charge in [0, 0.05) is 40.1 Å². The van der Waals surface area contributed by atoms with Gasteiger partial charge in [0.15, 0.2) is 0 Å². The Hall–Kier alpha value is -2.01. The maximum Gasteiger partial charge on any atom is 0.249 e. The minimum Gasteiger partial charge on any atom is -0.399 e. The number of benzene rings is 2. The first-order chi connectivity index (χ1) is 10.6. The summed E-state index contributed by atoms with van der Waals surface area (Å²) in [5.74, 6) is -0.433. The summed E-state index contributed by atoms with van der Waals surface area (Å²) in [6.07, 6.45) is 2.37. The summed E-state index contributed by atoms with van der Waals surface area (Å²) < 4.78 is 0.905. The van der Waals surface area contributed by atoms with Gasteiger partial charge in [-0.3, -0.25) is 4.79 Å². The predicted octanol–water partition coefficient (Wildman–Crippen LogP) is 3.40. The highest BCUT2D eigenvalue weighted by Crippen LogP contribution is 2.37. The van der Waals surface area contributed by atoms with E-state index in [1.807, 2.05) is 30.3 Å². The van der Waals surface area contributed by atoms with E-state index in [1.54, 1.807) is 6.07 Å². The molecule has 3 rings (SSSR count). The van der Waals surface area contributed by atoms with Crippen LogP contribution < -0.4 is 16.4 Å². The normalized spacial score (nSPS) is 14.3. The minimum absolute atomic E-state index is 0.433. The highest BCUT2D eigenvalue weighted by molar-refractivity contribution is 9.10. The van der Waals surface area contributed by atoms with Crippen molar-refractivity contribution in [3.05, 3.63) is 46.4 Å². The van der Waals surface area contributed by atoms with Gasteiger partial charge in [-0.15, -0.1) is 0 Å². The van der Waals surface area contributed by atoms with Crippen molar-refractivity contribution in [2.45, 2.75) is 12.8 Å². The second kappa shape index (κ2) is 6.01. The van der Waals surface area contributed by atoms with Crippen LogP contribution in [0.4, 0.5) is 11.4 Å². The second-order valence-electron chi connectivity index (χ2n) is 5.52. The SMILES string of the molecule is NC(=O)c1ccc(Br)cc1-c1cc(N)ccc1N1CCCC1. The fourth-order valence-corrected chi connectivity index (χ4v) is 3.32. The van der Waals surface area contributed by atoms with Gasteiger partial charge < -0.3 is 16.4 Å². The van der Waals surface area contributed by atoms with Gasteiger partial charge in [-0.25, -0.2) is 0 Å². The number of hydrogen-bond donors (Lipinski definition) is 2. The Morgan fingerprint density at radius 2 is 1.77 bits per heavy atom. The molecule has 1 saturated heterocycles. The molecule has 0 saturated carbocycles. The smallest absolute Gasteiger partial charge is 0.249 e. The molecular weight excluding hydrogens is 342 g/mol. The molecule has 4 N–H and O–H groups in total. The van der Waals surface area contributed by atoms with Gasteiger partial charge in [0.25, 0.3) is 0 Å². The molecule has 0 bridgehead atoms. The monoisotopic (exact) mass is 359 g/mol. The average molecular weight is 360 g/mol. The van der Waals surface area contributed by atoms with Crippen LogP contribution in [0.2, 0.25) is 0 Å². The molecule has 1 amide bonds. The van der Waals surface area contributed by atoms with Crippen molar-refractivity contribution in [2.24, 2.45) is 5.73 Å². The van der Waals surface area contributed by atoms with Crippen LogP contribution in [0, 0.1) is 0 Å². The number of hydrogen-bond acceptors (Lipinski definition) is 3. The molecule has 0 aromatic heterocycles. The van der Waals surface area contributed by atoms with E-state index in [0.29, 0.717) is 11.3 Å². The zero-order chi connectivity index (χ0) is 15.7. The van der Waals surface area contributed by atoms with Crippen LogP contribution in [0.3, 0.4) is 0 Å². The fraction of sp³-hybridized carbons (Fsp3) is 0.235. The second-order valence-corrected chi connectivity index (χ2v) is 6.44. The van der Waals surface area contributed by atoms with E-state index >= 15 is 0 Å². The molecule has 4 nitrogen and oxygen atoms in total. The van der Waals surface area contributed by atoms with Gasteiger partial charge in [0.1, 0.15) is 0 Å². The first kappa shape index (κ1) is 14.9. The predicted molar refractivity (Wildman–Crippen MR) is 94.0 cm³/mol. The number of primary amides is 1. The van der Waals surface area contributed by atoms with Crippen LogP contribution in [0.15, 0.2) is 40.9 Å². The Kier molecular flexibility index (Phi) is 4.07. The lowest BCUT2D eigenvalue weighted by atomic mass is 9.96. The Balaban J connectivity index is 2.21. The summed E-state index contributed by atoms with van der Waals surface area (Å²) in [6, 6.07) is 11.3. The van der Waals surface area contributed by atoms with Crippen molar-refractivity contribution in [3.63, 3.8) is 0 Å². The summed E-state index contributed by atoms with van der Waals surface area (Å²) in [7, 11) is 0. The number of rotatable bonds is 3. The number of nitrogen functional groups attached to an aromatic ring is 1. The molecule has 0 aliphatic carbocycles. The number of halogens is 1. The molecule has 5 heteroatoms. The lowest BCUT2D eigenvalue weighted by molar-refractivity contribution is 0.100. The lowest BCUT2D eigenvalue weighted by Gasteiger charge is -2.23. The number of nitrogens with zero attached hydrogens (tertiary/aromatic N) is 1. The van der Waals surface area contributed by atoms with Crippen LogP contribution in [0.25, 0.3) is 11.1 Å². The maximum absolute atomic E-state index is 11.8. The van der Waals surface area contributed by atoms with Crippen molar-refractivity contribution in [3.8, 4) is 11.1 Å². The van der Waals surface area contributed by atoms with E-state index in [2.05, 4.69) is 20.8 Å². The van der Waals surface area contributed by atoms with E-state index in [9.17, 15) is 4.79 Å². The maximum atomic E-state index is 11.8. The van der Waals surface area contributed by atoms with E-state index in [0.717, 1.165) is 34.4 Å². The molecule has 0 unspecified atom stereocenters. The Morgan fingerprint density at radius 3 is 2.45 bits per heavy atom. The van der Waals surface area contributed by atoms with Gasteiger partial charge >= 0.3 is 0 Å². The molecule has 22 heavy (non-hydrogen) atoms. The molecule has 2 aromatic carbocycles. The van der Waals surface area contributed by atoms with Gasteiger partial charge in [-0.1, -0.05) is 15.9 Å². The first-order valence-corrected chi connectivity index (χ1v) is 8.10. The van der Waals surface area contributed by atoms with E-state index in [-0.39, 0.29) is 0 Å². The largest absolute Gasteiger partial charge is 0.399 e. The summed E-state index contributed by atoms with van der Waals surface area (Å²) in [5.41, 5.74) is 15.6. The molecule has 2 aromatic rings. The van der Waals surface area contributed by atoms with Crippen molar-refractivity contribution in [2.75, 3.05) is 23.7 Å². The third-order valence-corrected chi connectivity index (χ3v) is 4.50. The summed E-state index contributed by atoms with van der Waals surface area (Å²) in [6.45, 7) is 2.05. The molecule has 0 spiro atoms. The van der Waals surface area contributed by atoms with Gasteiger partial charge in [0.05, 0.1) is 0 Å². The third kappa shape index (κ3) is 2.81. The molecular formula is C17H18BrN3O. The number of carbonyl (C=O) groups is 1. The van der Waals surface area contributed by atoms with E-state index < -0.39 is 5.91 Å². The summed E-state index contributed by atoms with van der Waals surface area (Å²) >= 11 is 3.47. The van der Waals surface area contributed by atoms with Crippen LogP contribution in [-0.4, -0.2) is 19.0 Å². The van der Waals surface area contributed by atoms with Crippen LogP contribution >= 0.6 is 15.9 Å². The number of carbonyl (C=O) groups excluding carboxylic acids is 1. The molecule has 0 radical (unpaired) electrons. The molecule has 1 heterocycles. The quantitative estimate of drug-likeness (QED) is 0.824.